The Morgan fingerprint density at radius 2 is 1.78 bits per heavy atom. The fourth-order valence-electron chi connectivity index (χ4n) is 0.829. The molecule has 18 heavy (non-hydrogen) atoms. The molecule has 0 aromatic rings. The first-order chi connectivity index (χ1) is 8.18. The normalized spacial score (nSPS) is 12.7. The Morgan fingerprint density at radius 1 is 1.33 bits per heavy atom. The van der Waals surface area contributed by atoms with Crippen LogP contribution in [0.4, 0.5) is 0 Å². The number of amides is 1. The van der Waals surface area contributed by atoms with Crippen LogP contribution in [0.1, 0.15) is 20.3 Å². The summed E-state index contributed by atoms with van der Waals surface area (Å²) < 4.78 is 9.56. The van der Waals surface area contributed by atoms with Crippen LogP contribution in [-0.4, -0.2) is 63.8 Å². The van der Waals surface area contributed by atoms with Crippen LogP contribution in [0.3, 0.4) is 0 Å². The molecule has 110 valence electrons. The lowest BCUT2D eigenvalue weighted by Crippen LogP contribution is -2.45. The number of hydrogen-bond acceptors (Lipinski definition) is 5. The third-order valence-corrected chi connectivity index (χ3v) is 2.03. The number of aliphatic hydroxyl groups excluding tert-OH is 3. The van der Waals surface area contributed by atoms with Gasteiger partial charge in [0, 0.05) is 41.9 Å². The summed E-state index contributed by atoms with van der Waals surface area (Å²) in [5.74, 6) is -0.516. The lowest BCUT2D eigenvalue weighted by molar-refractivity contribution is -0.137. The van der Waals surface area contributed by atoms with Gasteiger partial charge in [0.15, 0.2) is 0 Å². The molecule has 0 bridgehead atoms. The van der Waals surface area contributed by atoms with Gasteiger partial charge in [-0.3, -0.25) is 9.00 Å². The topological polar surface area (TPSA) is 107 Å². The van der Waals surface area contributed by atoms with Gasteiger partial charge in [-0.25, -0.2) is 0 Å². The van der Waals surface area contributed by atoms with E-state index in [1.165, 1.54) is 0 Å². The van der Waals surface area contributed by atoms with Gasteiger partial charge in [0.2, 0.25) is 5.91 Å². The zero-order valence-corrected chi connectivity index (χ0v) is 12.3. The third-order valence-electron chi connectivity index (χ3n) is 2.03. The van der Waals surface area contributed by atoms with Crippen LogP contribution in [0.25, 0.3) is 0 Å². The van der Waals surface area contributed by atoms with Gasteiger partial charge in [0.05, 0.1) is 6.61 Å². The largest absolute Gasteiger partial charge is 0.396 e. The van der Waals surface area contributed by atoms with Crippen molar-refractivity contribution >= 4 is 16.7 Å². The van der Waals surface area contributed by atoms with Crippen molar-refractivity contribution in [2.24, 2.45) is 5.41 Å². The van der Waals surface area contributed by atoms with Crippen molar-refractivity contribution in [2.45, 2.75) is 26.4 Å². The maximum atomic E-state index is 11.3. The molecule has 0 unspecified atom stereocenters. The molecule has 0 aliphatic carbocycles. The van der Waals surface area contributed by atoms with Gasteiger partial charge in [0.1, 0.15) is 6.10 Å². The fraction of sp³-hybridized carbons (Fsp3) is 0.909. The van der Waals surface area contributed by atoms with E-state index in [-0.39, 0.29) is 13.2 Å². The molecule has 0 spiro atoms. The van der Waals surface area contributed by atoms with E-state index in [0.29, 0.717) is 13.0 Å². The second-order valence-electron chi connectivity index (χ2n) is 4.66. The first-order valence-electron chi connectivity index (χ1n) is 5.61. The van der Waals surface area contributed by atoms with Crippen LogP contribution in [0.15, 0.2) is 0 Å². The molecular weight excluding hydrogens is 258 g/mol. The average Bonchev–Trinajstić information content (AvgIpc) is 2.27. The van der Waals surface area contributed by atoms with Gasteiger partial charge in [-0.15, -0.1) is 0 Å². The molecule has 0 aliphatic rings. The van der Waals surface area contributed by atoms with Crippen molar-refractivity contribution in [1.29, 1.82) is 0 Å². The fourth-order valence-corrected chi connectivity index (χ4v) is 0.829. The molecule has 0 heterocycles. The summed E-state index contributed by atoms with van der Waals surface area (Å²) in [5.41, 5.74) is -0.844. The molecule has 4 N–H and O–H groups in total. The molecule has 0 aliphatic heterocycles. The van der Waals surface area contributed by atoms with Gasteiger partial charge in [0.25, 0.3) is 0 Å². The van der Waals surface area contributed by atoms with Gasteiger partial charge in [-0.05, 0) is 6.42 Å². The molecule has 7 heteroatoms. The number of rotatable bonds is 6. The minimum Gasteiger partial charge on any atom is -0.396 e. The first-order valence-corrected chi connectivity index (χ1v) is 7.58. The Labute approximate surface area is 111 Å². The predicted octanol–water partition coefficient (Wildman–Crippen LogP) is -1.14. The van der Waals surface area contributed by atoms with E-state index in [1.807, 2.05) is 0 Å². The highest BCUT2D eigenvalue weighted by Crippen LogP contribution is 2.19. The van der Waals surface area contributed by atoms with Crippen molar-refractivity contribution in [3.63, 3.8) is 0 Å². The zero-order valence-electron chi connectivity index (χ0n) is 11.5. The number of carbonyl (C=O) groups is 1. The molecule has 0 radical (unpaired) electrons. The summed E-state index contributed by atoms with van der Waals surface area (Å²) in [4.78, 5) is 11.3. The van der Waals surface area contributed by atoms with E-state index < -0.39 is 28.2 Å². The maximum absolute atomic E-state index is 11.3. The third kappa shape index (κ3) is 10.6. The molecule has 0 saturated heterocycles. The van der Waals surface area contributed by atoms with Gasteiger partial charge >= 0.3 is 0 Å². The summed E-state index contributed by atoms with van der Waals surface area (Å²) in [7, 11) is -0.611. The summed E-state index contributed by atoms with van der Waals surface area (Å²) in [6, 6.07) is 0. The van der Waals surface area contributed by atoms with Crippen molar-refractivity contribution in [3.8, 4) is 0 Å². The lowest BCUT2D eigenvalue weighted by atomic mass is 9.87. The second kappa shape index (κ2) is 10.4. The van der Waals surface area contributed by atoms with Crippen LogP contribution in [-0.2, 0) is 15.6 Å². The van der Waals surface area contributed by atoms with Crippen LogP contribution in [0, 0.1) is 5.41 Å². The van der Waals surface area contributed by atoms with E-state index in [9.17, 15) is 14.1 Å². The standard InChI is InChI=1S/C9H19NO4.C2H6OS/c1-9(2,6-12)7(13)8(14)10-4-3-5-11;1-4(2)3/h7,11-13H,3-6H2,1-2H3,(H,10,14);1-2H3/t7-;/m0./s1. The molecule has 0 aromatic carbocycles. The number of aliphatic hydroxyl groups is 3. The Bertz CT molecular complexity index is 254. The SMILES string of the molecule is CC(C)(CO)[C@@H](O)C(=O)NCCCO.CS(C)=O. The zero-order chi connectivity index (χ0) is 14.8. The van der Waals surface area contributed by atoms with Crippen molar-refractivity contribution in [2.75, 3.05) is 32.3 Å². The maximum Gasteiger partial charge on any atom is 0.249 e. The van der Waals surface area contributed by atoms with E-state index in [2.05, 4.69) is 5.32 Å². The quantitative estimate of drug-likeness (QED) is 0.461. The molecule has 0 rings (SSSR count). The van der Waals surface area contributed by atoms with Gasteiger partial charge in [-0.2, -0.15) is 0 Å². The first kappa shape index (κ1) is 19.8. The number of hydrogen-bond donors (Lipinski definition) is 4. The molecule has 0 fully saturated rings. The Hall–Kier alpha value is -0.500. The van der Waals surface area contributed by atoms with Gasteiger partial charge < -0.3 is 20.6 Å². The number of nitrogens with one attached hydrogen (secondary N) is 1. The van der Waals surface area contributed by atoms with Crippen molar-refractivity contribution < 1.29 is 24.3 Å². The molecule has 1 atom stereocenters. The monoisotopic (exact) mass is 283 g/mol. The minimum absolute atomic E-state index is 0.000230. The molecular formula is C11H25NO5S. The number of carbonyl (C=O) groups excluding carboxylic acids is 1. The average molecular weight is 283 g/mol. The summed E-state index contributed by atoms with van der Waals surface area (Å²) in [6.45, 7) is 3.27. The van der Waals surface area contributed by atoms with E-state index in [1.54, 1.807) is 26.4 Å². The Balaban J connectivity index is 0. The Kier molecular flexibility index (Phi) is 11.5. The molecule has 0 saturated carbocycles. The predicted molar refractivity (Wildman–Crippen MR) is 71.6 cm³/mol. The molecule has 0 aromatic heterocycles. The summed E-state index contributed by atoms with van der Waals surface area (Å²) in [6.07, 6.45) is 2.50. The molecule has 1 amide bonds. The highest BCUT2D eigenvalue weighted by molar-refractivity contribution is 7.83. The smallest absolute Gasteiger partial charge is 0.249 e. The molecule has 6 nitrogen and oxygen atoms in total. The summed E-state index contributed by atoms with van der Waals surface area (Å²) >= 11 is 0. The van der Waals surface area contributed by atoms with Crippen LogP contribution >= 0.6 is 0 Å². The minimum atomic E-state index is -1.23. The Morgan fingerprint density at radius 3 is 2.11 bits per heavy atom. The van der Waals surface area contributed by atoms with E-state index in [4.69, 9.17) is 10.2 Å². The second-order valence-corrected chi connectivity index (χ2v) is 6.14. The van der Waals surface area contributed by atoms with Crippen molar-refractivity contribution in [3.05, 3.63) is 0 Å². The highest BCUT2D eigenvalue weighted by Gasteiger charge is 2.32. The van der Waals surface area contributed by atoms with Gasteiger partial charge in [-0.1, -0.05) is 13.8 Å². The van der Waals surface area contributed by atoms with E-state index in [0.717, 1.165) is 0 Å². The lowest BCUT2D eigenvalue weighted by Gasteiger charge is -2.27. The van der Waals surface area contributed by atoms with Crippen molar-refractivity contribution in [1.82, 2.24) is 5.32 Å². The van der Waals surface area contributed by atoms with E-state index >= 15 is 0 Å². The van der Waals surface area contributed by atoms with Crippen LogP contribution in [0.2, 0.25) is 0 Å². The van der Waals surface area contributed by atoms with Crippen LogP contribution < -0.4 is 5.32 Å². The highest BCUT2D eigenvalue weighted by atomic mass is 32.2. The van der Waals surface area contributed by atoms with Crippen LogP contribution in [0.5, 0.6) is 0 Å². The summed E-state index contributed by atoms with van der Waals surface area (Å²) in [5, 5.41) is 29.3.